The fourth-order valence-electron chi connectivity index (χ4n) is 2.42. The van der Waals surface area contributed by atoms with Crippen molar-refractivity contribution in [3.8, 4) is 0 Å². The normalized spacial score (nSPS) is 11.0. The summed E-state index contributed by atoms with van der Waals surface area (Å²) in [6.45, 7) is 4.28. The number of nitrogens with zero attached hydrogens (tertiary/aromatic N) is 4. The number of hydrogen-bond donors (Lipinski definition) is 1. The van der Waals surface area contributed by atoms with Crippen molar-refractivity contribution < 1.29 is 4.79 Å². The Bertz CT molecular complexity index is 919. The molecule has 2 aromatic heterocycles. The minimum Gasteiger partial charge on any atom is -0.346 e. The number of carbonyl (C=O) groups excluding carboxylic acids is 1. The Kier molecular flexibility index (Phi) is 4.53. The summed E-state index contributed by atoms with van der Waals surface area (Å²) >= 11 is 1.57. The first-order valence-corrected chi connectivity index (χ1v) is 8.80. The molecule has 124 valence electrons. The molecule has 3 aromatic rings. The van der Waals surface area contributed by atoms with Crippen LogP contribution in [0.25, 0.3) is 11.0 Å². The molecule has 0 saturated carbocycles. The van der Waals surface area contributed by atoms with E-state index in [-0.39, 0.29) is 5.91 Å². The van der Waals surface area contributed by atoms with E-state index in [1.165, 1.54) is 0 Å². The van der Waals surface area contributed by atoms with E-state index in [4.69, 9.17) is 0 Å². The number of rotatable bonds is 4. The van der Waals surface area contributed by atoms with E-state index in [1.54, 1.807) is 30.1 Å². The van der Waals surface area contributed by atoms with Gasteiger partial charge < -0.3 is 9.88 Å². The molecule has 0 radical (unpaired) electrons. The highest BCUT2D eigenvalue weighted by molar-refractivity contribution is 7.98. The Hall–Kier alpha value is -2.41. The SMILES string of the molecule is CSc1ncc(CNC(=O)c2ccc3nc(C)c(C)nc3c2)n1C. The molecule has 1 aromatic carbocycles. The lowest BCUT2D eigenvalue weighted by Gasteiger charge is -2.08. The summed E-state index contributed by atoms with van der Waals surface area (Å²) in [5.41, 5.74) is 4.84. The molecule has 24 heavy (non-hydrogen) atoms. The molecule has 6 nitrogen and oxygen atoms in total. The number of thioether (sulfide) groups is 1. The van der Waals surface area contributed by atoms with Crippen LogP contribution in [0.3, 0.4) is 0 Å². The van der Waals surface area contributed by atoms with Crippen molar-refractivity contribution in [2.24, 2.45) is 7.05 Å². The average molecular weight is 341 g/mol. The van der Waals surface area contributed by atoms with E-state index in [2.05, 4.69) is 20.3 Å². The molecule has 0 bridgehead atoms. The highest BCUT2D eigenvalue weighted by atomic mass is 32.2. The van der Waals surface area contributed by atoms with E-state index in [9.17, 15) is 4.79 Å². The van der Waals surface area contributed by atoms with Gasteiger partial charge in [0, 0.05) is 12.6 Å². The maximum atomic E-state index is 12.4. The number of nitrogens with one attached hydrogen (secondary N) is 1. The molecule has 0 atom stereocenters. The molecule has 0 saturated heterocycles. The molecule has 0 spiro atoms. The van der Waals surface area contributed by atoms with Gasteiger partial charge >= 0.3 is 0 Å². The molecule has 7 heteroatoms. The zero-order chi connectivity index (χ0) is 17.3. The number of hydrogen-bond acceptors (Lipinski definition) is 5. The Morgan fingerprint density at radius 2 is 1.92 bits per heavy atom. The van der Waals surface area contributed by atoms with Gasteiger partial charge in [-0.05, 0) is 38.3 Å². The minimum absolute atomic E-state index is 0.135. The molecular weight excluding hydrogens is 322 g/mol. The zero-order valence-electron chi connectivity index (χ0n) is 14.1. The number of benzene rings is 1. The van der Waals surface area contributed by atoms with Crippen LogP contribution in [0.4, 0.5) is 0 Å². The van der Waals surface area contributed by atoms with Crippen molar-refractivity contribution in [1.82, 2.24) is 24.8 Å². The minimum atomic E-state index is -0.135. The topological polar surface area (TPSA) is 72.7 Å². The largest absolute Gasteiger partial charge is 0.346 e. The smallest absolute Gasteiger partial charge is 0.251 e. The van der Waals surface area contributed by atoms with Crippen LogP contribution in [-0.4, -0.2) is 31.7 Å². The fraction of sp³-hybridized carbons (Fsp3) is 0.294. The highest BCUT2D eigenvalue weighted by Gasteiger charge is 2.11. The molecule has 0 aliphatic heterocycles. The quantitative estimate of drug-likeness (QED) is 0.739. The van der Waals surface area contributed by atoms with Crippen molar-refractivity contribution in [1.29, 1.82) is 0 Å². The van der Waals surface area contributed by atoms with Crippen LogP contribution in [0.5, 0.6) is 0 Å². The summed E-state index contributed by atoms with van der Waals surface area (Å²) in [5.74, 6) is -0.135. The second-order valence-corrected chi connectivity index (χ2v) is 6.35. The first-order chi connectivity index (χ1) is 11.5. The van der Waals surface area contributed by atoms with Gasteiger partial charge in [-0.2, -0.15) is 0 Å². The summed E-state index contributed by atoms with van der Waals surface area (Å²) in [6.07, 6.45) is 3.76. The van der Waals surface area contributed by atoms with Crippen LogP contribution in [0, 0.1) is 13.8 Å². The third-order valence-electron chi connectivity index (χ3n) is 3.99. The molecule has 0 unspecified atom stereocenters. The lowest BCUT2D eigenvalue weighted by Crippen LogP contribution is -2.24. The molecular formula is C17H19N5OS. The van der Waals surface area contributed by atoms with Gasteiger partial charge in [0.1, 0.15) is 0 Å². The van der Waals surface area contributed by atoms with Gasteiger partial charge in [-0.1, -0.05) is 11.8 Å². The van der Waals surface area contributed by atoms with Crippen LogP contribution in [0.2, 0.25) is 0 Å². The molecule has 2 heterocycles. The van der Waals surface area contributed by atoms with Crippen LogP contribution < -0.4 is 5.32 Å². The number of carbonyl (C=O) groups is 1. The Morgan fingerprint density at radius 1 is 1.21 bits per heavy atom. The van der Waals surface area contributed by atoms with Gasteiger partial charge in [0.25, 0.3) is 5.91 Å². The third kappa shape index (κ3) is 3.12. The molecule has 0 aliphatic rings. The number of aromatic nitrogens is 4. The van der Waals surface area contributed by atoms with Gasteiger partial charge in [-0.25, -0.2) is 15.0 Å². The predicted molar refractivity (Wildman–Crippen MR) is 95.2 cm³/mol. The summed E-state index contributed by atoms with van der Waals surface area (Å²) in [4.78, 5) is 25.7. The predicted octanol–water partition coefficient (Wildman–Crippen LogP) is 2.63. The molecule has 3 rings (SSSR count). The van der Waals surface area contributed by atoms with Gasteiger partial charge in [0.15, 0.2) is 5.16 Å². The number of amides is 1. The van der Waals surface area contributed by atoms with Gasteiger partial charge in [0.05, 0.1) is 40.9 Å². The Labute approximate surface area is 144 Å². The summed E-state index contributed by atoms with van der Waals surface area (Å²) in [5, 5.41) is 3.85. The molecule has 1 N–H and O–H groups in total. The third-order valence-corrected chi connectivity index (χ3v) is 4.74. The van der Waals surface area contributed by atoms with Gasteiger partial charge in [0.2, 0.25) is 0 Å². The molecule has 0 fully saturated rings. The van der Waals surface area contributed by atoms with Crippen LogP contribution >= 0.6 is 11.8 Å². The zero-order valence-corrected chi connectivity index (χ0v) is 14.9. The summed E-state index contributed by atoms with van der Waals surface area (Å²) in [7, 11) is 1.94. The Morgan fingerprint density at radius 3 is 2.58 bits per heavy atom. The second kappa shape index (κ2) is 6.60. The number of fused-ring (bicyclic) bond motifs is 1. The van der Waals surface area contributed by atoms with Gasteiger partial charge in [-0.3, -0.25) is 4.79 Å². The monoisotopic (exact) mass is 341 g/mol. The first-order valence-electron chi connectivity index (χ1n) is 7.57. The molecule has 1 amide bonds. The van der Waals surface area contributed by atoms with Crippen molar-refractivity contribution in [2.45, 2.75) is 25.5 Å². The average Bonchev–Trinajstić information content (AvgIpc) is 2.93. The van der Waals surface area contributed by atoms with Crippen LogP contribution in [-0.2, 0) is 13.6 Å². The first kappa shape index (κ1) is 16.4. The fourth-order valence-corrected chi connectivity index (χ4v) is 2.97. The Balaban J connectivity index is 1.78. The maximum Gasteiger partial charge on any atom is 0.251 e. The summed E-state index contributed by atoms with van der Waals surface area (Å²) < 4.78 is 1.98. The molecule has 0 aliphatic carbocycles. The van der Waals surface area contributed by atoms with Crippen molar-refractivity contribution >= 4 is 28.7 Å². The van der Waals surface area contributed by atoms with E-state index in [1.807, 2.05) is 37.8 Å². The number of imidazole rings is 1. The van der Waals surface area contributed by atoms with Crippen molar-refractivity contribution in [3.05, 3.63) is 47.0 Å². The van der Waals surface area contributed by atoms with Gasteiger partial charge in [-0.15, -0.1) is 0 Å². The van der Waals surface area contributed by atoms with Crippen LogP contribution in [0.15, 0.2) is 29.6 Å². The van der Waals surface area contributed by atoms with Crippen molar-refractivity contribution in [2.75, 3.05) is 6.26 Å². The lowest BCUT2D eigenvalue weighted by molar-refractivity contribution is 0.0950. The summed E-state index contributed by atoms with van der Waals surface area (Å²) in [6, 6.07) is 5.39. The standard InChI is InChI=1S/C17H19N5OS/c1-10-11(2)21-15-7-12(5-6-14(15)20-10)16(23)18-8-13-9-19-17(24-4)22(13)3/h5-7,9H,8H2,1-4H3,(H,18,23). The second-order valence-electron chi connectivity index (χ2n) is 5.58. The number of aryl methyl sites for hydroxylation is 2. The van der Waals surface area contributed by atoms with E-state index < -0.39 is 0 Å². The van der Waals surface area contributed by atoms with E-state index in [0.29, 0.717) is 12.1 Å². The van der Waals surface area contributed by atoms with Crippen LogP contribution in [0.1, 0.15) is 27.4 Å². The van der Waals surface area contributed by atoms with E-state index >= 15 is 0 Å². The highest BCUT2D eigenvalue weighted by Crippen LogP contribution is 2.16. The maximum absolute atomic E-state index is 12.4. The van der Waals surface area contributed by atoms with Crippen molar-refractivity contribution in [3.63, 3.8) is 0 Å². The van der Waals surface area contributed by atoms with E-state index in [0.717, 1.165) is 33.3 Å². The lowest BCUT2D eigenvalue weighted by atomic mass is 10.1.